The number of urea groups is 1. The number of aryl methyl sites for hydroxylation is 1. The minimum absolute atomic E-state index is 0.233. The average Bonchev–Trinajstić information content (AvgIpc) is 3.22. The van der Waals surface area contributed by atoms with Gasteiger partial charge in [-0.3, -0.25) is 14.4 Å². The summed E-state index contributed by atoms with van der Waals surface area (Å²) in [6, 6.07) is 4.34. The van der Waals surface area contributed by atoms with Gasteiger partial charge in [0.1, 0.15) is 5.54 Å². The molecule has 5 amide bonds. The van der Waals surface area contributed by atoms with E-state index >= 15 is 0 Å². The van der Waals surface area contributed by atoms with Gasteiger partial charge in [0.05, 0.1) is 25.1 Å². The molecule has 44 heavy (non-hydrogen) atoms. The molecule has 4 aliphatic heterocycles. The fourth-order valence-corrected chi connectivity index (χ4v) is 8.94. The number of nitrogens with one attached hydrogen (secondary N) is 1. The standard InChI is InChI=1S/C32H47N5O7/c1-12-43-37-29(7,8)18-32(19-30(37,9)10)24(39)34(26(41)44-32)21-14-13-20(2)22(15-21)35-23(38)31(33-25(35)40)16-27(3,4)36(42-11)28(5,6)17-31/h13-15H,12,16-19H2,1-11H3,(H,33,40). The lowest BCUT2D eigenvalue weighted by Crippen LogP contribution is -2.69. The Balaban J connectivity index is 1.49. The first-order chi connectivity index (χ1) is 20.2. The number of amides is 5. The highest BCUT2D eigenvalue weighted by Crippen LogP contribution is 2.50. The lowest BCUT2D eigenvalue weighted by Gasteiger charge is -2.55. The van der Waals surface area contributed by atoms with Crippen molar-refractivity contribution in [1.29, 1.82) is 0 Å². The SMILES string of the molecule is CCON1C(C)(C)CC2(CC1(C)C)OC(=O)N(c1ccc(C)c(N3C(=O)NC4(CC(C)(C)N(OC)C(C)(C)C4)C3=O)c1)C2=O. The normalized spacial score (nSPS) is 26.9. The molecule has 0 bridgehead atoms. The molecule has 0 unspecified atom stereocenters. The summed E-state index contributed by atoms with van der Waals surface area (Å²) in [5.41, 5.74) is -3.72. The van der Waals surface area contributed by atoms with Crippen molar-refractivity contribution in [1.82, 2.24) is 15.4 Å². The maximum absolute atomic E-state index is 14.2. The van der Waals surface area contributed by atoms with Crippen LogP contribution in [0.15, 0.2) is 18.2 Å². The van der Waals surface area contributed by atoms with Crippen LogP contribution in [0.4, 0.5) is 21.0 Å². The second kappa shape index (κ2) is 9.97. The monoisotopic (exact) mass is 613 g/mol. The van der Waals surface area contributed by atoms with Gasteiger partial charge in [-0.1, -0.05) is 6.07 Å². The van der Waals surface area contributed by atoms with Crippen molar-refractivity contribution in [2.24, 2.45) is 0 Å². The number of hydrogen-bond donors (Lipinski definition) is 1. The summed E-state index contributed by atoms with van der Waals surface area (Å²) in [5, 5.41) is 6.77. The topological polar surface area (TPSA) is 121 Å². The Morgan fingerprint density at radius 3 is 1.86 bits per heavy atom. The number of carbonyl (C=O) groups is 4. The van der Waals surface area contributed by atoms with E-state index in [1.807, 2.05) is 72.4 Å². The van der Waals surface area contributed by atoms with E-state index in [1.165, 1.54) is 0 Å². The molecule has 0 aliphatic carbocycles. The van der Waals surface area contributed by atoms with Crippen LogP contribution in [0, 0.1) is 6.92 Å². The molecule has 4 heterocycles. The van der Waals surface area contributed by atoms with Crippen LogP contribution in [0.25, 0.3) is 0 Å². The quantitative estimate of drug-likeness (QED) is 0.466. The Morgan fingerprint density at radius 1 is 0.795 bits per heavy atom. The van der Waals surface area contributed by atoms with Gasteiger partial charge >= 0.3 is 12.1 Å². The first-order valence-electron chi connectivity index (χ1n) is 15.3. The van der Waals surface area contributed by atoms with E-state index in [0.29, 0.717) is 30.7 Å². The van der Waals surface area contributed by atoms with E-state index < -0.39 is 51.3 Å². The van der Waals surface area contributed by atoms with Gasteiger partial charge in [-0.2, -0.15) is 10.1 Å². The molecule has 0 radical (unpaired) electrons. The maximum atomic E-state index is 14.2. The highest BCUT2D eigenvalue weighted by molar-refractivity contribution is 6.25. The molecule has 0 atom stereocenters. The Bertz CT molecular complexity index is 1380. The average molecular weight is 614 g/mol. The molecular formula is C32H47N5O7. The maximum Gasteiger partial charge on any atom is 0.422 e. The molecule has 12 heteroatoms. The zero-order valence-corrected chi connectivity index (χ0v) is 27.9. The molecule has 1 N–H and O–H groups in total. The van der Waals surface area contributed by atoms with Gasteiger partial charge in [-0.25, -0.2) is 19.4 Å². The van der Waals surface area contributed by atoms with Crippen LogP contribution >= 0.6 is 0 Å². The van der Waals surface area contributed by atoms with Crippen LogP contribution in [-0.4, -0.2) is 81.1 Å². The predicted molar refractivity (Wildman–Crippen MR) is 164 cm³/mol. The lowest BCUT2D eigenvalue weighted by atomic mass is 9.70. The Hall–Kier alpha value is -3.06. The molecule has 242 valence electrons. The Morgan fingerprint density at radius 2 is 1.34 bits per heavy atom. The van der Waals surface area contributed by atoms with Gasteiger partial charge in [-0.15, -0.1) is 0 Å². The number of imide groups is 2. The van der Waals surface area contributed by atoms with E-state index in [1.54, 1.807) is 32.2 Å². The molecule has 0 saturated carbocycles. The molecule has 2 spiro atoms. The van der Waals surface area contributed by atoms with Crippen LogP contribution in [0.1, 0.15) is 93.6 Å². The van der Waals surface area contributed by atoms with Gasteiger partial charge in [0.15, 0.2) is 5.60 Å². The van der Waals surface area contributed by atoms with E-state index in [-0.39, 0.29) is 24.4 Å². The summed E-state index contributed by atoms with van der Waals surface area (Å²) in [7, 11) is 1.61. The third kappa shape index (κ3) is 4.72. The fraction of sp³-hybridized carbons (Fsp3) is 0.688. The van der Waals surface area contributed by atoms with Gasteiger partial charge in [0.25, 0.3) is 11.8 Å². The zero-order chi connectivity index (χ0) is 32.8. The van der Waals surface area contributed by atoms with Crippen LogP contribution < -0.4 is 15.1 Å². The third-order valence-electron chi connectivity index (χ3n) is 9.46. The number of benzene rings is 1. The number of hydrogen-bond acceptors (Lipinski definition) is 9. The minimum atomic E-state index is -1.39. The first-order valence-corrected chi connectivity index (χ1v) is 15.3. The number of nitrogens with zero attached hydrogens (tertiary/aromatic N) is 4. The number of ether oxygens (including phenoxy) is 1. The van der Waals surface area contributed by atoms with Crippen molar-refractivity contribution in [3.63, 3.8) is 0 Å². The van der Waals surface area contributed by atoms with E-state index in [9.17, 15) is 19.2 Å². The number of rotatable bonds is 5. The van der Waals surface area contributed by atoms with Crippen molar-refractivity contribution >= 4 is 35.3 Å². The van der Waals surface area contributed by atoms with E-state index in [0.717, 1.165) is 9.80 Å². The zero-order valence-electron chi connectivity index (χ0n) is 27.9. The predicted octanol–water partition coefficient (Wildman–Crippen LogP) is 4.83. The number of carbonyl (C=O) groups excluding carboxylic acids is 4. The van der Waals surface area contributed by atoms with Gasteiger partial charge in [0, 0.05) is 35.0 Å². The summed E-state index contributed by atoms with van der Waals surface area (Å²) in [6.07, 6.45) is 0.360. The molecule has 4 aliphatic rings. The van der Waals surface area contributed by atoms with E-state index in [2.05, 4.69) is 5.32 Å². The van der Waals surface area contributed by atoms with Crippen LogP contribution in [0.5, 0.6) is 0 Å². The number of anilines is 2. The highest BCUT2D eigenvalue weighted by atomic mass is 16.7. The summed E-state index contributed by atoms with van der Waals surface area (Å²) in [6.45, 7) is 19.9. The number of piperidine rings is 2. The largest absolute Gasteiger partial charge is 0.432 e. The molecule has 4 saturated heterocycles. The minimum Gasteiger partial charge on any atom is -0.432 e. The van der Waals surface area contributed by atoms with Gasteiger partial charge in [0.2, 0.25) is 0 Å². The highest BCUT2D eigenvalue weighted by Gasteiger charge is 2.65. The molecule has 1 aromatic rings. The summed E-state index contributed by atoms with van der Waals surface area (Å²) >= 11 is 0. The van der Waals surface area contributed by atoms with Gasteiger partial charge in [-0.05, 0) is 99.8 Å². The van der Waals surface area contributed by atoms with Crippen molar-refractivity contribution in [2.45, 2.75) is 128 Å². The summed E-state index contributed by atoms with van der Waals surface area (Å²) in [5.74, 6) is -0.850. The number of hydroxylamine groups is 4. The molecular weight excluding hydrogens is 566 g/mol. The molecule has 12 nitrogen and oxygen atoms in total. The van der Waals surface area contributed by atoms with Gasteiger partial charge < -0.3 is 14.9 Å². The lowest BCUT2D eigenvalue weighted by molar-refractivity contribution is -0.297. The molecule has 0 aromatic heterocycles. The van der Waals surface area contributed by atoms with Crippen LogP contribution in [-0.2, 0) is 24.0 Å². The molecule has 4 fully saturated rings. The molecule has 5 rings (SSSR count). The van der Waals surface area contributed by atoms with Crippen molar-refractivity contribution < 1.29 is 33.6 Å². The van der Waals surface area contributed by atoms with Crippen molar-refractivity contribution in [3.05, 3.63) is 23.8 Å². The second-order valence-electron chi connectivity index (χ2n) is 15.3. The smallest absolute Gasteiger partial charge is 0.422 e. The first kappa shape index (κ1) is 32.3. The third-order valence-corrected chi connectivity index (χ3v) is 9.46. The summed E-state index contributed by atoms with van der Waals surface area (Å²) < 4.78 is 5.94. The second-order valence-corrected chi connectivity index (χ2v) is 15.3. The summed E-state index contributed by atoms with van der Waals surface area (Å²) in [4.78, 5) is 69.3. The molecule has 1 aromatic carbocycles. The van der Waals surface area contributed by atoms with Crippen LogP contribution in [0.3, 0.4) is 0 Å². The fourth-order valence-electron chi connectivity index (χ4n) is 8.94. The van der Waals surface area contributed by atoms with Crippen molar-refractivity contribution in [2.75, 3.05) is 23.5 Å². The Kier molecular flexibility index (Phi) is 7.33. The van der Waals surface area contributed by atoms with Crippen molar-refractivity contribution in [3.8, 4) is 0 Å². The Labute approximate surface area is 259 Å². The van der Waals surface area contributed by atoms with E-state index in [4.69, 9.17) is 14.4 Å². The van der Waals surface area contributed by atoms with Crippen LogP contribution in [0.2, 0.25) is 0 Å².